The molecule has 18 nitrogen and oxygen atoms in total. The molecule has 20 heteroatoms. The summed E-state index contributed by atoms with van der Waals surface area (Å²) in [5.41, 5.74) is 7.19. The highest BCUT2D eigenvalue weighted by atomic mass is 32.2. The van der Waals surface area contributed by atoms with E-state index >= 15 is 0 Å². The topological polar surface area (TPSA) is 263 Å². The van der Waals surface area contributed by atoms with Gasteiger partial charge in [-0.3, -0.25) is 28.8 Å². The van der Waals surface area contributed by atoms with E-state index in [0.29, 0.717) is 36.2 Å². The molecule has 0 aliphatic rings. The van der Waals surface area contributed by atoms with E-state index in [4.69, 9.17) is 24.7 Å². The lowest BCUT2D eigenvalue weighted by Gasteiger charge is -2.26. The van der Waals surface area contributed by atoms with E-state index in [1.165, 1.54) is 23.5 Å². The highest BCUT2D eigenvalue weighted by molar-refractivity contribution is 7.99. The third-order valence-electron chi connectivity index (χ3n) is 10.4. The van der Waals surface area contributed by atoms with Crippen molar-refractivity contribution < 1.29 is 57.6 Å². The normalized spacial score (nSPS) is 13.0. The van der Waals surface area contributed by atoms with Gasteiger partial charge in [0.2, 0.25) is 23.6 Å². The quantitative estimate of drug-likeness (QED) is 0.0327. The van der Waals surface area contributed by atoms with Crippen molar-refractivity contribution in [3.8, 4) is 11.5 Å². The third kappa shape index (κ3) is 23.5. The van der Waals surface area contributed by atoms with Crippen LogP contribution in [0, 0.1) is 5.92 Å². The number of ether oxygens (including phenoxy) is 4. The number of hydrogen-bond acceptors (Lipinski definition) is 13. The molecule has 8 N–H and O–H groups in total. The lowest BCUT2D eigenvalue weighted by Crippen LogP contribution is -2.57. The number of hydrogen-bond donors (Lipinski definition) is 7. The van der Waals surface area contributed by atoms with Gasteiger partial charge in [0.15, 0.2) is 13.2 Å². The lowest BCUT2D eigenvalue weighted by atomic mass is 10.0. The van der Waals surface area contributed by atoms with Gasteiger partial charge in [-0.25, -0.2) is 4.79 Å². The molecule has 0 aliphatic carbocycles. The zero-order valence-corrected chi connectivity index (χ0v) is 42.2. The Morgan fingerprint density at radius 3 is 1.28 bits per heavy atom. The number of amides is 6. The van der Waals surface area contributed by atoms with Crippen LogP contribution in [0.5, 0.6) is 11.5 Å². The number of carboxylic acids is 1. The molecule has 388 valence electrons. The number of nitrogens with two attached hydrogens (primary N) is 1. The Morgan fingerprint density at radius 1 is 0.500 bits per heavy atom. The molecule has 0 saturated heterocycles. The molecule has 4 rings (SSSR count). The maximum absolute atomic E-state index is 13.8. The van der Waals surface area contributed by atoms with E-state index in [2.05, 4.69) is 26.6 Å². The van der Waals surface area contributed by atoms with E-state index in [0.717, 1.165) is 11.1 Å². The molecule has 6 amide bonds. The lowest BCUT2D eigenvalue weighted by molar-refractivity contribution is -0.142. The van der Waals surface area contributed by atoms with Gasteiger partial charge in [-0.15, -0.1) is 0 Å². The molecular formula is C52H66N6O12S2. The Kier molecular flexibility index (Phi) is 26.7. The summed E-state index contributed by atoms with van der Waals surface area (Å²) in [5, 5.41) is 23.3. The molecular weight excluding hydrogens is 965 g/mol. The minimum atomic E-state index is -1.22. The number of para-hydroxylation sites is 2. The second-order valence-corrected chi connectivity index (χ2v) is 19.1. The number of carbonyl (C=O) groups excluding carboxylic acids is 6. The summed E-state index contributed by atoms with van der Waals surface area (Å²) in [5.74, 6) is -2.75. The van der Waals surface area contributed by atoms with Gasteiger partial charge in [0, 0.05) is 35.9 Å². The van der Waals surface area contributed by atoms with Crippen LogP contribution in [0.1, 0.15) is 31.4 Å². The standard InChI is InChI=1S/C52H66N6O12S2/c1-36(2)29-42(49(62)56-41(48(53)61)30-37-15-7-3-8-16-37)57-50(63)44(54-46(59)32-69-39-19-11-5-12-20-39)34-71-27-25-67-23-24-68-26-28-72-35-45(55-47(60)33-70-40-21-13-6-14-22-40)51(64)58-43(52(65)66)31-38-17-9-4-10-18-38/h3-22,36,41-45H,23-35H2,1-2H3,(H2,53,61)(H,54,59)(H,55,60)(H,56,62)(H,57,63)(H,58,64)(H,65,66)/t41-,42-,43-,44-,45-/m0/s1. The number of nitrogens with one attached hydrogen (secondary N) is 5. The zero-order chi connectivity index (χ0) is 51.9. The fraction of sp³-hybridized carbons (Fsp3) is 0.404. The summed E-state index contributed by atoms with van der Waals surface area (Å²) < 4.78 is 22.6. The second-order valence-electron chi connectivity index (χ2n) is 16.8. The molecule has 0 radical (unpaired) electrons. The van der Waals surface area contributed by atoms with Crippen LogP contribution < -0.4 is 41.8 Å². The van der Waals surface area contributed by atoms with Crippen LogP contribution in [0.15, 0.2) is 121 Å². The fourth-order valence-electron chi connectivity index (χ4n) is 6.77. The Balaban J connectivity index is 1.23. The first-order valence-corrected chi connectivity index (χ1v) is 25.8. The predicted octanol–water partition coefficient (Wildman–Crippen LogP) is 3.17. The zero-order valence-electron chi connectivity index (χ0n) is 40.5. The molecule has 0 aliphatic heterocycles. The Morgan fingerprint density at radius 2 is 0.875 bits per heavy atom. The smallest absolute Gasteiger partial charge is 0.326 e. The molecule has 0 saturated carbocycles. The van der Waals surface area contributed by atoms with Crippen molar-refractivity contribution in [1.29, 1.82) is 0 Å². The fourth-order valence-corrected chi connectivity index (χ4v) is 8.52. The summed E-state index contributed by atoms with van der Waals surface area (Å²) >= 11 is 2.69. The van der Waals surface area contributed by atoms with Crippen LogP contribution in [-0.4, -0.2) is 139 Å². The number of rotatable bonds is 35. The molecule has 0 aromatic heterocycles. The predicted molar refractivity (Wildman–Crippen MR) is 276 cm³/mol. The number of carboxylic acid groups (broad SMARTS) is 1. The monoisotopic (exact) mass is 1030 g/mol. The SMILES string of the molecule is CC(C)C[C@H](NC(=O)[C@H](CSCCOCCOCCSC[C@H](NC(=O)COc1ccccc1)C(=O)N[C@@H](Cc1ccccc1)C(=O)O)NC(=O)COc1ccccc1)C(=O)N[C@@H](Cc1ccccc1)C(N)=O. The van der Waals surface area contributed by atoms with Crippen LogP contribution in [0.25, 0.3) is 0 Å². The van der Waals surface area contributed by atoms with E-state index in [1.807, 2.05) is 62.4 Å². The number of thioether (sulfide) groups is 2. The minimum Gasteiger partial charge on any atom is -0.484 e. The first-order chi connectivity index (χ1) is 34.8. The molecule has 4 aromatic rings. The van der Waals surface area contributed by atoms with Crippen LogP contribution in [0.3, 0.4) is 0 Å². The number of primary amides is 1. The highest BCUT2D eigenvalue weighted by Crippen LogP contribution is 2.13. The van der Waals surface area contributed by atoms with Gasteiger partial charge in [0.25, 0.3) is 11.8 Å². The molecule has 5 atom stereocenters. The maximum Gasteiger partial charge on any atom is 0.326 e. The molecule has 0 fully saturated rings. The largest absolute Gasteiger partial charge is 0.484 e. The van der Waals surface area contributed by atoms with Crippen molar-refractivity contribution in [2.75, 3.05) is 62.7 Å². The Hall–Kier alpha value is -6.61. The van der Waals surface area contributed by atoms with E-state index in [1.54, 1.807) is 72.8 Å². The summed E-state index contributed by atoms with van der Waals surface area (Å²) in [7, 11) is 0. The van der Waals surface area contributed by atoms with Crippen molar-refractivity contribution in [2.45, 2.75) is 63.3 Å². The highest BCUT2D eigenvalue weighted by Gasteiger charge is 2.31. The number of carbonyl (C=O) groups is 7. The summed E-state index contributed by atoms with van der Waals surface area (Å²) in [6.45, 7) is 4.19. The van der Waals surface area contributed by atoms with Crippen LogP contribution in [0.2, 0.25) is 0 Å². The van der Waals surface area contributed by atoms with Crippen molar-refractivity contribution >= 4 is 64.9 Å². The second kappa shape index (κ2) is 33.1. The van der Waals surface area contributed by atoms with Gasteiger partial charge < -0.3 is 56.4 Å². The number of aliphatic carboxylic acids is 1. The van der Waals surface area contributed by atoms with Crippen LogP contribution >= 0.6 is 23.5 Å². The molecule has 0 bridgehead atoms. The van der Waals surface area contributed by atoms with Gasteiger partial charge >= 0.3 is 5.97 Å². The first kappa shape index (κ1) is 58.0. The van der Waals surface area contributed by atoms with Gasteiger partial charge in [-0.05, 0) is 47.7 Å². The van der Waals surface area contributed by atoms with Crippen LogP contribution in [-0.2, 0) is 55.9 Å². The van der Waals surface area contributed by atoms with Crippen LogP contribution in [0.4, 0.5) is 0 Å². The molecule has 0 spiro atoms. The molecule has 0 unspecified atom stereocenters. The van der Waals surface area contributed by atoms with Gasteiger partial charge in [0.05, 0.1) is 26.4 Å². The van der Waals surface area contributed by atoms with E-state index < -0.39 is 71.6 Å². The van der Waals surface area contributed by atoms with Gasteiger partial charge in [0.1, 0.15) is 41.7 Å². The average Bonchev–Trinajstić information content (AvgIpc) is 3.37. The van der Waals surface area contributed by atoms with E-state index in [-0.39, 0.29) is 63.1 Å². The Bertz CT molecular complexity index is 2270. The number of benzene rings is 4. The third-order valence-corrected chi connectivity index (χ3v) is 12.4. The summed E-state index contributed by atoms with van der Waals surface area (Å²) in [4.78, 5) is 91.2. The molecule has 0 heterocycles. The van der Waals surface area contributed by atoms with Crippen molar-refractivity contribution in [2.24, 2.45) is 11.7 Å². The van der Waals surface area contributed by atoms with Crippen molar-refractivity contribution in [3.05, 3.63) is 132 Å². The molecule has 72 heavy (non-hydrogen) atoms. The van der Waals surface area contributed by atoms with Crippen molar-refractivity contribution in [1.82, 2.24) is 26.6 Å². The maximum atomic E-state index is 13.8. The summed E-state index contributed by atoms with van der Waals surface area (Å²) in [6, 6.07) is 30.1. The summed E-state index contributed by atoms with van der Waals surface area (Å²) in [6.07, 6.45) is 0.474. The van der Waals surface area contributed by atoms with Gasteiger partial charge in [-0.1, -0.05) is 111 Å². The Labute approximate surface area is 429 Å². The average molecular weight is 1030 g/mol. The van der Waals surface area contributed by atoms with Gasteiger partial charge in [-0.2, -0.15) is 23.5 Å². The van der Waals surface area contributed by atoms with E-state index in [9.17, 15) is 38.7 Å². The minimum absolute atomic E-state index is 0.0223. The molecule has 4 aromatic carbocycles. The van der Waals surface area contributed by atoms with Crippen molar-refractivity contribution in [3.63, 3.8) is 0 Å². The first-order valence-electron chi connectivity index (χ1n) is 23.5.